The average Bonchev–Trinajstić information content (AvgIpc) is 2.99. The Hall–Kier alpha value is -3.35. The number of amides is 3. The standard InChI is InChI=1S/C8H6N2O2.C8H6N2O/c9-5-3-1-2-4-6(5)8(12)10-7(4)11;9-7-5-3-1-2-4-6(5)8(11)10-7/h1-3,6,9H,(H,10,11,12);1-4H,(H2,9,10,11). The molecule has 0 aromatic heterocycles. The molecule has 1 aromatic carbocycles. The molecule has 0 radical (unpaired) electrons. The highest BCUT2D eigenvalue weighted by molar-refractivity contribution is 6.26. The highest BCUT2D eigenvalue weighted by atomic mass is 16.2. The molecule has 3 amide bonds. The van der Waals surface area contributed by atoms with Crippen molar-refractivity contribution in [2.24, 2.45) is 5.92 Å². The summed E-state index contributed by atoms with van der Waals surface area (Å²) in [6.45, 7) is 0. The van der Waals surface area contributed by atoms with Crippen molar-refractivity contribution < 1.29 is 14.4 Å². The van der Waals surface area contributed by atoms with Crippen molar-refractivity contribution in [1.82, 2.24) is 10.6 Å². The first kappa shape index (κ1) is 14.6. The van der Waals surface area contributed by atoms with Crippen molar-refractivity contribution in [2.45, 2.75) is 0 Å². The lowest BCUT2D eigenvalue weighted by atomic mass is 9.92. The normalized spacial score (nSPS) is 21.0. The second-order valence-corrected chi connectivity index (χ2v) is 5.06. The maximum atomic E-state index is 11.1. The van der Waals surface area contributed by atoms with Gasteiger partial charge in [0.25, 0.3) is 11.8 Å². The highest BCUT2D eigenvalue weighted by Crippen LogP contribution is 2.23. The molecule has 1 aliphatic carbocycles. The van der Waals surface area contributed by atoms with E-state index in [0.717, 1.165) is 0 Å². The topological polar surface area (TPSA) is 123 Å². The Kier molecular flexibility index (Phi) is 3.46. The van der Waals surface area contributed by atoms with E-state index in [-0.39, 0.29) is 29.3 Å². The summed E-state index contributed by atoms with van der Waals surface area (Å²) in [4.78, 5) is 33.1. The molecule has 1 atom stereocenters. The molecule has 7 nitrogen and oxygen atoms in total. The molecule has 1 saturated heterocycles. The van der Waals surface area contributed by atoms with Gasteiger partial charge in [-0.05, 0) is 12.1 Å². The lowest BCUT2D eigenvalue weighted by Crippen LogP contribution is -2.25. The molecular weight excluding hydrogens is 296 g/mol. The molecular formula is C16H12N4O3. The fourth-order valence-electron chi connectivity index (χ4n) is 2.51. The molecule has 1 unspecified atom stereocenters. The number of benzene rings is 1. The van der Waals surface area contributed by atoms with E-state index < -0.39 is 5.92 Å². The van der Waals surface area contributed by atoms with Crippen LogP contribution in [0.5, 0.6) is 0 Å². The van der Waals surface area contributed by atoms with Crippen LogP contribution >= 0.6 is 0 Å². The van der Waals surface area contributed by atoms with Gasteiger partial charge in [0.2, 0.25) is 5.91 Å². The van der Waals surface area contributed by atoms with Crippen LogP contribution in [0, 0.1) is 16.7 Å². The fraction of sp³-hybridized carbons (Fsp3) is 0.0625. The Morgan fingerprint density at radius 3 is 2.26 bits per heavy atom. The fourth-order valence-corrected chi connectivity index (χ4v) is 2.51. The number of nitrogens with one attached hydrogen (secondary N) is 4. The molecule has 0 saturated carbocycles. The average molecular weight is 308 g/mol. The Labute approximate surface area is 131 Å². The number of imide groups is 1. The summed E-state index contributed by atoms with van der Waals surface area (Å²) in [7, 11) is 0. The van der Waals surface area contributed by atoms with Crippen molar-refractivity contribution in [1.29, 1.82) is 10.8 Å². The first-order valence-corrected chi connectivity index (χ1v) is 6.80. The number of allylic oxidation sites excluding steroid dienone is 3. The SMILES string of the molecule is N=C1C=CC=C2C(=O)NC(=O)C12.N=C1NC(=O)c2ccccc21. The first-order valence-electron chi connectivity index (χ1n) is 6.80. The van der Waals surface area contributed by atoms with Gasteiger partial charge >= 0.3 is 0 Å². The molecule has 4 rings (SSSR count). The molecule has 1 fully saturated rings. The number of carbonyl (C=O) groups excluding carboxylic acids is 3. The van der Waals surface area contributed by atoms with Gasteiger partial charge in [-0.25, -0.2) is 0 Å². The van der Waals surface area contributed by atoms with Gasteiger partial charge in [-0.1, -0.05) is 30.4 Å². The minimum atomic E-state index is -0.664. The molecule has 7 heteroatoms. The highest BCUT2D eigenvalue weighted by Gasteiger charge is 2.39. The van der Waals surface area contributed by atoms with Crippen LogP contribution < -0.4 is 10.6 Å². The van der Waals surface area contributed by atoms with Crippen LogP contribution in [0.15, 0.2) is 48.1 Å². The molecule has 2 aliphatic heterocycles. The van der Waals surface area contributed by atoms with Crippen LogP contribution in [0.25, 0.3) is 0 Å². The van der Waals surface area contributed by atoms with Gasteiger partial charge in [-0.3, -0.25) is 25.1 Å². The zero-order valence-electron chi connectivity index (χ0n) is 11.8. The molecule has 0 spiro atoms. The minimum absolute atomic E-state index is 0.175. The zero-order valence-corrected chi connectivity index (χ0v) is 11.8. The van der Waals surface area contributed by atoms with Crippen LogP contribution in [0.2, 0.25) is 0 Å². The summed E-state index contributed by atoms with van der Waals surface area (Å²) in [6, 6.07) is 7.08. The molecule has 23 heavy (non-hydrogen) atoms. The Balaban J connectivity index is 0.000000136. The largest absolute Gasteiger partial charge is 0.307 e. The number of carbonyl (C=O) groups is 3. The quantitative estimate of drug-likeness (QED) is 0.523. The van der Waals surface area contributed by atoms with Gasteiger partial charge < -0.3 is 10.7 Å². The molecule has 114 valence electrons. The summed E-state index contributed by atoms with van der Waals surface area (Å²) < 4.78 is 0. The lowest BCUT2D eigenvalue weighted by Gasteiger charge is -2.08. The van der Waals surface area contributed by atoms with Gasteiger partial charge in [-0.15, -0.1) is 0 Å². The maximum absolute atomic E-state index is 11.1. The minimum Gasteiger partial charge on any atom is -0.307 e. The lowest BCUT2D eigenvalue weighted by molar-refractivity contribution is -0.124. The Morgan fingerprint density at radius 1 is 0.913 bits per heavy atom. The second kappa shape index (κ2) is 5.45. The van der Waals surface area contributed by atoms with Gasteiger partial charge in [0.1, 0.15) is 11.8 Å². The molecule has 3 aliphatic rings. The number of amidine groups is 1. The third-order valence-electron chi connectivity index (χ3n) is 3.61. The van der Waals surface area contributed by atoms with E-state index in [4.69, 9.17) is 10.8 Å². The summed E-state index contributed by atoms with van der Waals surface area (Å²) in [5.41, 5.74) is 1.85. The van der Waals surface area contributed by atoms with Gasteiger partial charge in [-0.2, -0.15) is 0 Å². The summed E-state index contributed by atoms with van der Waals surface area (Å²) in [5.74, 6) is -1.40. The van der Waals surface area contributed by atoms with Crippen LogP contribution in [0.1, 0.15) is 15.9 Å². The summed E-state index contributed by atoms with van der Waals surface area (Å²) >= 11 is 0. The smallest absolute Gasteiger partial charge is 0.257 e. The third kappa shape index (κ3) is 2.48. The first-order chi connectivity index (χ1) is 11.0. The molecule has 4 N–H and O–H groups in total. The van der Waals surface area contributed by atoms with Crippen molar-refractivity contribution >= 4 is 29.3 Å². The van der Waals surface area contributed by atoms with Gasteiger partial charge in [0.05, 0.1) is 5.56 Å². The van der Waals surface area contributed by atoms with Crippen LogP contribution in [-0.4, -0.2) is 29.3 Å². The Bertz CT molecular complexity index is 800. The molecule has 1 aromatic rings. The van der Waals surface area contributed by atoms with E-state index in [1.165, 1.54) is 6.08 Å². The summed E-state index contributed by atoms with van der Waals surface area (Å²) in [6.07, 6.45) is 4.70. The van der Waals surface area contributed by atoms with Crippen LogP contribution in [-0.2, 0) is 9.59 Å². The molecule has 2 heterocycles. The monoisotopic (exact) mass is 308 g/mol. The predicted molar refractivity (Wildman–Crippen MR) is 82.3 cm³/mol. The van der Waals surface area contributed by atoms with Crippen LogP contribution in [0.4, 0.5) is 0 Å². The van der Waals surface area contributed by atoms with E-state index in [0.29, 0.717) is 16.7 Å². The maximum Gasteiger partial charge on any atom is 0.257 e. The second-order valence-electron chi connectivity index (χ2n) is 5.06. The van der Waals surface area contributed by atoms with Crippen molar-refractivity contribution in [2.75, 3.05) is 0 Å². The summed E-state index contributed by atoms with van der Waals surface area (Å²) in [5, 5.41) is 19.3. The number of rotatable bonds is 0. The Morgan fingerprint density at radius 2 is 1.61 bits per heavy atom. The van der Waals surface area contributed by atoms with Crippen molar-refractivity contribution in [3.8, 4) is 0 Å². The van der Waals surface area contributed by atoms with E-state index in [1.54, 1.807) is 30.4 Å². The van der Waals surface area contributed by atoms with Crippen molar-refractivity contribution in [3.05, 3.63) is 59.2 Å². The van der Waals surface area contributed by atoms with Crippen LogP contribution in [0.3, 0.4) is 0 Å². The van der Waals surface area contributed by atoms with E-state index in [1.807, 2.05) is 6.07 Å². The van der Waals surface area contributed by atoms with Gasteiger partial charge in [0, 0.05) is 16.8 Å². The van der Waals surface area contributed by atoms with E-state index in [9.17, 15) is 14.4 Å². The number of fused-ring (bicyclic) bond motifs is 2. The number of hydrogen-bond donors (Lipinski definition) is 4. The van der Waals surface area contributed by atoms with Crippen molar-refractivity contribution in [3.63, 3.8) is 0 Å². The third-order valence-corrected chi connectivity index (χ3v) is 3.61. The van der Waals surface area contributed by atoms with Gasteiger partial charge in [0.15, 0.2) is 0 Å². The number of hydrogen-bond acceptors (Lipinski definition) is 5. The van der Waals surface area contributed by atoms with E-state index in [2.05, 4.69) is 10.6 Å². The van der Waals surface area contributed by atoms with E-state index >= 15 is 0 Å². The molecule has 0 bridgehead atoms. The predicted octanol–water partition coefficient (Wildman–Crippen LogP) is 0.530. The zero-order chi connectivity index (χ0) is 16.6.